The van der Waals surface area contributed by atoms with Crippen LogP contribution < -0.4 is 9.47 Å². The van der Waals surface area contributed by atoms with Crippen molar-refractivity contribution >= 4 is 15.9 Å². The van der Waals surface area contributed by atoms with E-state index in [1.165, 1.54) is 24.6 Å². The maximum absolute atomic E-state index is 13.5. The highest BCUT2D eigenvalue weighted by molar-refractivity contribution is 7.89. The van der Waals surface area contributed by atoms with Crippen LogP contribution in [0, 0.1) is 0 Å². The normalized spacial score (nSPS) is 17.1. The SMILES string of the molecule is COc1ccc(OC)c(S(=O)(=O)N2CCc3c(c(C(=O)N4CCCC4)nn3C)C2)c1. The van der Waals surface area contributed by atoms with Crippen LogP contribution in [0.1, 0.15) is 34.6 Å². The number of ether oxygens (including phenoxy) is 2. The van der Waals surface area contributed by atoms with Gasteiger partial charge in [-0.1, -0.05) is 0 Å². The summed E-state index contributed by atoms with van der Waals surface area (Å²) in [5, 5.41) is 4.45. The van der Waals surface area contributed by atoms with Gasteiger partial charge in [-0.25, -0.2) is 8.42 Å². The molecule has 0 bridgehead atoms. The Morgan fingerprint density at radius 1 is 1.10 bits per heavy atom. The Bertz CT molecular complexity index is 1070. The van der Waals surface area contributed by atoms with Crippen LogP contribution in [0.15, 0.2) is 23.1 Å². The molecule has 4 rings (SSSR count). The molecule has 0 spiro atoms. The molecule has 1 aromatic carbocycles. The van der Waals surface area contributed by atoms with Gasteiger partial charge in [0.25, 0.3) is 5.91 Å². The Morgan fingerprint density at radius 2 is 1.83 bits per heavy atom. The van der Waals surface area contributed by atoms with Crippen molar-refractivity contribution in [3.05, 3.63) is 35.2 Å². The van der Waals surface area contributed by atoms with Crippen LogP contribution in [0.25, 0.3) is 0 Å². The molecule has 162 valence electrons. The molecule has 0 N–H and O–H groups in total. The van der Waals surface area contributed by atoms with Crippen molar-refractivity contribution in [3.8, 4) is 11.5 Å². The molecule has 0 aliphatic carbocycles. The monoisotopic (exact) mass is 434 g/mol. The highest BCUT2D eigenvalue weighted by atomic mass is 32.2. The van der Waals surface area contributed by atoms with E-state index in [0.29, 0.717) is 43.1 Å². The Morgan fingerprint density at radius 3 is 2.50 bits per heavy atom. The van der Waals surface area contributed by atoms with E-state index < -0.39 is 10.0 Å². The minimum absolute atomic E-state index is 0.0455. The van der Waals surface area contributed by atoms with Crippen molar-refractivity contribution in [2.45, 2.75) is 30.7 Å². The van der Waals surface area contributed by atoms with Crippen molar-refractivity contribution in [1.29, 1.82) is 0 Å². The van der Waals surface area contributed by atoms with Crippen molar-refractivity contribution in [2.24, 2.45) is 7.05 Å². The number of aryl methyl sites for hydroxylation is 1. The third-order valence-corrected chi connectivity index (χ3v) is 7.66. The largest absolute Gasteiger partial charge is 0.497 e. The summed E-state index contributed by atoms with van der Waals surface area (Å²) < 4.78 is 40.5. The first-order valence-corrected chi connectivity index (χ1v) is 11.4. The van der Waals surface area contributed by atoms with Crippen LogP contribution in [-0.4, -0.2) is 67.2 Å². The quantitative estimate of drug-likeness (QED) is 0.707. The molecule has 2 aromatic rings. The fraction of sp³-hybridized carbons (Fsp3) is 0.500. The summed E-state index contributed by atoms with van der Waals surface area (Å²) >= 11 is 0. The molecule has 2 aliphatic heterocycles. The van der Waals surface area contributed by atoms with Crippen molar-refractivity contribution in [2.75, 3.05) is 33.9 Å². The topological polar surface area (TPSA) is 94.0 Å². The molecule has 1 saturated heterocycles. The van der Waals surface area contributed by atoms with E-state index in [9.17, 15) is 13.2 Å². The molecule has 0 radical (unpaired) electrons. The number of carbonyl (C=O) groups excluding carboxylic acids is 1. The fourth-order valence-electron chi connectivity index (χ4n) is 4.14. The molecule has 1 fully saturated rings. The predicted octanol–water partition coefficient (Wildman–Crippen LogP) is 1.42. The predicted molar refractivity (Wildman–Crippen MR) is 109 cm³/mol. The maximum atomic E-state index is 13.5. The van der Waals surface area contributed by atoms with Crippen molar-refractivity contribution in [1.82, 2.24) is 19.0 Å². The second-order valence-corrected chi connectivity index (χ2v) is 9.41. The lowest BCUT2D eigenvalue weighted by molar-refractivity contribution is 0.0784. The molecule has 1 aromatic heterocycles. The first-order chi connectivity index (χ1) is 14.4. The van der Waals surface area contributed by atoms with Crippen LogP contribution in [0.5, 0.6) is 11.5 Å². The van der Waals surface area contributed by atoms with Gasteiger partial charge in [0, 0.05) is 57.0 Å². The van der Waals surface area contributed by atoms with Gasteiger partial charge in [-0.2, -0.15) is 9.40 Å². The van der Waals surface area contributed by atoms with E-state index in [-0.39, 0.29) is 23.1 Å². The number of hydrogen-bond donors (Lipinski definition) is 0. The molecule has 2 aliphatic rings. The van der Waals surface area contributed by atoms with Gasteiger partial charge < -0.3 is 14.4 Å². The van der Waals surface area contributed by atoms with Gasteiger partial charge in [0.15, 0.2) is 5.69 Å². The van der Waals surface area contributed by atoms with Gasteiger partial charge in [-0.05, 0) is 25.0 Å². The molecule has 10 heteroatoms. The van der Waals surface area contributed by atoms with Crippen LogP contribution in [0.4, 0.5) is 0 Å². The highest BCUT2D eigenvalue weighted by Gasteiger charge is 2.36. The van der Waals surface area contributed by atoms with Gasteiger partial charge in [0.05, 0.1) is 14.2 Å². The summed E-state index contributed by atoms with van der Waals surface area (Å²) in [6, 6.07) is 4.69. The van der Waals surface area contributed by atoms with E-state index in [1.54, 1.807) is 28.8 Å². The lowest BCUT2D eigenvalue weighted by Gasteiger charge is -2.28. The van der Waals surface area contributed by atoms with Crippen LogP contribution in [-0.2, 0) is 30.0 Å². The zero-order valence-electron chi connectivity index (χ0n) is 17.4. The molecular weight excluding hydrogens is 408 g/mol. The summed E-state index contributed by atoms with van der Waals surface area (Å²) in [6.07, 6.45) is 2.45. The zero-order chi connectivity index (χ0) is 21.5. The minimum Gasteiger partial charge on any atom is -0.497 e. The molecule has 1 amide bonds. The second-order valence-electron chi connectivity index (χ2n) is 7.50. The molecule has 0 unspecified atom stereocenters. The van der Waals surface area contributed by atoms with Crippen molar-refractivity contribution in [3.63, 3.8) is 0 Å². The van der Waals surface area contributed by atoms with Gasteiger partial charge >= 0.3 is 0 Å². The number of nitrogens with zero attached hydrogens (tertiary/aromatic N) is 4. The number of likely N-dealkylation sites (tertiary alicyclic amines) is 1. The third-order valence-electron chi connectivity index (χ3n) is 5.79. The standard InChI is InChI=1S/C20H26N4O5S/c1-22-16-8-11-24(13-15(16)19(21-22)20(25)23-9-4-5-10-23)30(26,27)18-12-14(28-2)6-7-17(18)29-3/h6-7,12H,4-5,8-11,13H2,1-3H3. The molecule has 0 saturated carbocycles. The fourth-order valence-corrected chi connectivity index (χ4v) is 5.72. The summed E-state index contributed by atoms with van der Waals surface area (Å²) in [4.78, 5) is 14.8. The average molecular weight is 435 g/mol. The Kier molecular flexibility index (Phi) is 5.46. The van der Waals surface area contributed by atoms with Gasteiger partial charge in [-0.15, -0.1) is 0 Å². The number of methoxy groups -OCH3 is 2. The van der Waals surface area contributed by atoms with E-state index in [1.807, 2.05) is 0 Å². The lowest BCUT2D eigenvalue weighted by atomic mass is 10.1. The minimum atomic E-state index is -3.87. The molecule has 30 heavy (non-hydrogen) atoms. The van der Waals surface area contributed by atoms with Gasteiger partial charge in [0.1, 0.15) is 16.4 Å². The average Bonchev–Trinajstić information content (AvgIpc) is 3.41. The third kappa shape index (κ3) is 3.43. The number of sulfonamides is 1. The smallest absolute Gasteiger partial charge is 0.274 e. The Hall–Kier alpha value is -2.59. The number of aromatic nitrogens is 2. The van der Waals surface area contributed by atoms with E-state index in [2.05, 4.69) is 5.10 Å². The summed E-state index contributed by atoms with van der Waals surface area (Å²) in [6.45, 7) is 1.83. The number of fused-ring (bicyclic) bond motifs is 1. The molecule has 9 nitrogen and oxygen atoms in total. The highest BCUT2D eigenvalue weighted by Crippen LogP contribution is 2.34. The van der Waals surface area contributed by atoms with Gasteiger partial charge in [0.2, 0.25) is 10.0 Å². The maximum Gasteiger partial charge on any atom is 0.274 e. The van der Waals surface area contributed by atoms with E-state index >= 15 is 0 Å². The van der Waals surface area contributed by atoms with E-state index in [0.717, 1.165) is 18.5 Å². The van der Waals surface area contributed by atoms with Crippen LogP contribution in [0.3, 0.4) is 0 Å². The number of hydrogen-bond acceptors (Lipinski definition) is 6. The van der Waals surface area contributed by atoms with Gasteiger partial charge in [-0.3, -0.25) is 9.48 Å². The zero-order valence-corrected chi connectivity index (χ0v) is 18.2. The number of carbonyl (C=O) groups is 1. The summed E-state index contributed by atoms with van der Waals surface area (Å²) in [7, 11) is 0.852. The number of amides is 1. The van der Waals surface area contributed by atoms with Crippen LogP contribution in [0.2, 0.25) is 0 Å². The first-order valence-electron chi connectivity index (χ1n) is 9.93. The van der Waals surface area contributed by atoms with E-state index in [4.69, 9.17) is 9.47 Å². The summed E-state index contributed by atoms with van der Waals surface area (Å²) in [5.74, 6) is 0.557. The molecular formula is C20H26N4O5S. The Balaban J connectivity index is 1.70. The van der Waals surface area contributed by atoms with Crippen molar-refractivity contribution < 1.29 is 22.7 Å². The summed E-state index contributed by atoms with van der Waals surface area (Å²) in [5.41, 5.74) is 1.94. The van der Waals surface area contributed by atoms with Crippen LogP contribution >= 0.6 is 0 Å². The lowest BCUT2D eigenvalue weighted by Crippen LogP contribution is -2.37. The molecule has 3 heterocycles. The number of rotatable bonds is 5. The number of benzene rings is 1. The first kappa shape index (κ1) is 20.7. The Labute approximate surface area is 176 Å². The second kappa shape index (κ2) is 7.92. The molecule has 0 atom stereocenters.